The molecule has 94 valence electrons. The molecule has 0 saturated heterocycles. The van der Waals surface area contributed by atoms with E-state index >= 15 is 0 Å². The Morgan fingerprint density at radius 3 is 2.56 bits per heavy atom. The van der Waals surface area contributed by atoms with Gasteiger partial charge in [-0.15, -0.1) is 0 Å². The molecule has 1 aromatic carbocycles. The van der Waals surface area contributed by atoms with Crippen LogP contribution in [0.1, 0.15) is 13.8 Å². The predicted octanol–water partition coefficient (Wildman–Crippen LogP) is 3.64. The highest BCUT2D eigenvalue weighted by molar-refractivity contribution is 6.94. The summed E-state index contributed by atoms with van der Waals surface area (Å²) in [5.41, 5.74) is 0.604. The molecule has 1 aliphatic carbocycles. The summed E-state index contributed by atoms with van der Waals surface area (Å²) in [6.07, 6.45) is 9.20. The summed E-state index contributed by atoms with van der Waals surface area (Å²) in [7, 11) is -1.48. The maximum absolute atomic E-state index is 6.19. The molecule has 1 nitrogen and oxygen atoms in total. The molecule has 0 aromatic heterocycles. The van der Waals surface area contributed by atoms with E-state index in [1.54, 1.807) is 0 Å². The highest BCUT2D eigenvalue weighted by Crippen LogP contribution is 2.42. The third-order valence-electron chi connectivity index (χ3n) is 4.67. The highest BCUT2D eigenvalue weighted by atomic mass is 28.3. The quantitative estimate of drug-likeness (QED) is 0.734. The molecule has 2 heteroatoms. The number of hydrogen-bond donors (Lipinski definition) is 0. The summed E-state index contributed by atoms with van der Waals surface area (Å²) in [5.74, 6) is 1.13. The molecule has 0 amide bonds. The molecule has 0 fully saturated rings. The van der Waals surface area contributed by atoms with Crippen LogP contribution in [0.2, 0.25) is 17.6 Å². The van der Waals surface area contributed by atoms with Crippen molar-refractivity contribution in [3.63, 3.8) is 0 Å². The summed E-state index contributed by atoms with van der Waals surface area (Å²) < 4.78 is 6.19. The van der Waals surface area contributed by atoms with E-state index in [1.807, 2.05) is 0 Å². The number of para-hydroxylation sites is 1. The summed E-state index contributed by atoms with van der Waals surface area (Å²) in [6.45, 7) is 4.72. The normalized spacial score (nSPS) is 27.2. The standard InChI is InChI=1S/C16H20OSi/c1-3-18(4-2)15-11-7-5-9-13(15)17-14-10-6-8-12-16(14)18/h5-13,15H,3-4H2,1-2H3. The van der Waals surface area contributed by atoms with E-state index in [4.69, 9.17) is 4.74 Å². The average Bonchev–Trinajstić information content (AvgIpc) is 2.45. The highest BCUT2D eigenvalue weighted by Gasteiger charge is 2.48. The van der Waals surface area contributed by atoms with Gasteiger partial charge in [-0.2, -0.15) is 0 Å². The smallest absolute Gasteiger partial charge is 0.121 e. The maximum atomic E-state index is 6.19. The molecule has 0 saturated carbocycles. The molecule has 1 aliphatic heterocycles. The molecule has 18 heavy (non-hydrogen) atoms. The van der Waals surface area contributed by atoms with Crippen LogP contribution in [0, 0.1) is 0 Å². The number of fused-ring (bicyclic) bond motifs is 2. The maximum Gasteiger partial charge on any atom is 0.121 e. The van der Waals surface area contributed by atoms with Gasteiger partial charge in [0.15, 0.2) is 0 Å². The first-order valence-corrected chi connectivity index (χ1v) is 9.42. The lowest BCUT2D eigenvalue weighted by Crippen LogP contribution is -2.58. The number of allylic oxidation sites excluding steroid dienone is 2. The van der Waals surface area contributed by atoms with E-state index in [0.717, 1.165) is 5.75 Å². The zero-order valence-corrected chi connectivity index (χ0v) is 12.1. The topological polar surface area (TPSA) is 9.23 Å². The van der Waals surface area contributed by atoms with Crippen LogP contribution in [0.15, 0.2) is 48.6 Å². The van der Waals surface area contributed by atoms with Crippen LogP contribution < -0.4 is 9.92 Å². The van der Waals surface area contributed by atoms with E-state index in [1.165, 1.54) is 17.3 Å². The monoisotopic (exact) mass is 256 g/mol. The van der Waals surface area contributed by atoms with Crippen molar-refractivity contribution in [2.45, 2.75) is 37.6 Å². The van der Waals surface area contributed by atoms with E-state index in [0.29, 0.717) is 5.54 Å². The number of benzene rings is 1. The lowest BCUT2D eigenvalue weighted by molar-refractivity contribution is 0.244. The fourth-order valence-corrected chi connectivity index (χ4v) is 8.52. The minimum absolute atomic E-state index is 0.261. The Labute approximate surface area is 110 Å². The van der Waals surface area contributed by atoms with Crippen molar-refractivity contribution in [2.24, 2.45) is 0 Å². The van der Waals surface area contributed by atoms with E-state index in [9.17, 15) is 0 Å². The van der Waals surface area contributed by atoms with Crippen LogP contribution in [-0.4, -0.2) is 14.2 Å². The van der Waals surface area contributed by atoms with Crippen LogP contribution in [-0.2, 0) is 0 Å². The Morgan fingerprint density at radius 2 is 1.78 bits per heavy atom. The molecule has 0 spiro atoms. The summed E-state index contributed by atoms with van der Waals surface area (Å²) in [4.78, 5) is 0. The second-order valence-corrected chi connectivity index (χ2v) is 10.2. The van der Waals surface area contributed by atoms with Gasteiger partial charge in [0.05, 0.1) is 0 Å². The van der Waals surface area contributed by atoms with Gasteiger partial charge in [0.1, 0.15) is 19.9 Å². The van der Waals surface area contributed by atoms with Crippen LogP contribution in [0.5, 0.6) is 5.75 Å². The van der Waals surface area contributed by atoms with Gasteiger partial charge in [0.25, 0.3) is 0 Å². The van der Waals surface area contributed by atoms with Crippen molar-refractivity contribution in [1.82, 2.24) is 0 Å². The summed E-state index contributed by atoms with van der Waals surface area (Å²) >= 11 is 0. The van der Waals surface area contributed by atoms with Crippen LogP contribution in [0.25, 0.3) is 0 Å². The lowest BCUT2D eigenvalue weighted by atomic mass is 10.1. The summed E-state index contributed by atoms with van der Waals surface area (Å²) in [5, 5.41) is 1.52. The third kappa shape index (κ3) is 1.52. The minimum Gasteiger partial charge on any atom is -0.486 e. The van der Waals surface area contributed by atoms with Crippen molar-refractivity contribution in [3.05, 3.63) is 48.6 Å². The van der Waals surface area contributed by atoms with Crippen molar-refractivity contribution in [3.8, 4) is 5.75 Å². The predicted molar refractivity (Wildman–Crippen MR) is 79.2 cm³/mol. The molecule has 3 rings (SSSR count). The van der Waals surface area contributed by atoms with E-state index < -0.39 is 8.07 Å². The second kappa shape index (κ2) is 4.43. The zero-order chi connectivity index (χ0) is 12.6. The van der Waals surface area contributed by atoms with E-state index in [-0.39, 0.29) is 6.10 Å². The Kier molecular flexibility index (Phi) is 2.90. The molecule has 0 N–H and O–H groups in total. The average molecular weight is 256 g/mol. The number of ether oxygens (including phenoxy) is 1. The fraction of sp³-hybridized carbons (Fsp3) is 0.375. The van der Waals surface area contributed by atoms with Crippen molar-refractivity contribution >= 4 is 13.3 Å². The fourth-order valence-electron chi connectivity index (χ4n) is 3.61. The second-order valence-electron chi connectivity index (χ2n) is 5.24. The van der Waals surface area contributed by atoms with Gasteiger partial charge in [-0.25, -0.2) is 0 Å². The Morgan fingerprint density at radius 1 is 1.06 bits per heavy atom. The first-order valence-electron chi connectivity index (χ1n) is 6.93. The number of hydrogen-bond acceptors (Lipinski definition) is 1. The van der Waals surface area contributed by atoms with Gasteiger partial charge in [-0.1, -0.05) is 62.4 Å². The molecule has 0 bridgehead atoms. The van der Waals surface area contributed by atoms with Crippen molar-refractivity contribution in [2.75, 3.05) is 0 Å². The van der Waals surface area contributed by atoms with Gasteiger partial charge in [-0.05, 0) is 17.3 Å². The first kappa shape index (κ1) is 11.8. The molecular weight excluding hydrogens is 236 g/mol. The Balaban J connectivity index is 2.18. The van der Waals surface area contributed by atoms with Crippen molar-refractivity contribution in [1.29, 1.82) is 0 Å². The van der Waals surface area contributed by atoms with Gasteiger partial charge in [-0.3, -0.25) is 0 Å². The molecule has 2 unspecified atom stereocenters. The Hall–Kier alpha value is -1.28. The SMILES string of the molecule is CC[Si]1(CC)c2ccccc2OC2C=CC=CC21. The van der Waals surface area contributed by atoms with Gasteiger partial charge in [0, 0.05) is 5.54 Å². The molecule has 1 aromatic rings. The molecule has 1 heterocycles. The minimum atomic E-state index is -1.48. The molecular formula is C16H20OSi. The number of rotatable bonds is 2. The summed E-state index contributed by atoms with van der Waals surface area (Å²) in [6, 6.07) is 11.3. The van der Waals surface area contributed by atoms with Crippen LogP contribution >= 0.6 is 0 Å². The zero-order valence-electron chi connectivity index (χ0n) is 11.1. The Bertz CT molecular complexity index is 500. The van der Waals surface area contributed by atoms with Crippen LogP contribution in [0.4, 0.5) is 0 Å². The first-order chi connectivity index (χ1) is 8.81. The molecule has 2 aliphatic rings. The van der Waals surface area contributed by atoms with Gasteiger partial charge >= 0.3 is 0 Å². The molecule has 0 radical (unpaired) electrons. The largest absolute Gasteiger partial charge is 0.486 e. The van der Waals surface area contributed by atoms with Crippen LogP contribution in [0.3, 0.4) is 0 Å². The van der Waals surface area contributed by atoms with Crippen molar-refractivity contribution < 1.29 is 4.74 Å². The van der Waals surface area contributed by atoms with Gasteiger partial charge < -0.3 is 4.74 Å². The molecule has 2 atom stereocenters. The van der Waals surface area contributed by atoms with E-state index in [2.05, 4.69) is 62.4 Å². The third-order valence-corrected chi connectivity index (χ3v) is 10.5. The van der Waals surface area contributed by atoms with Gasteiger partial charge in [0.2, 0.25) is 0 Å². The lowest BCUT2D eigenvalue weighted by Gasteiger charge is -2.45.